The van der Waals surface area contributed by atoms with Crippen molar-refractivity contribution in [3.8, 4) is 16.9 Å². The fourth-order valence-electron chi connectivity index (χ4n) is 6.31. The molecule has 0 saturated carbocycles. The molecule has 2 aromatic carbocycles. The molecule has 0 unspecified atom stereocenters. The number of rotatable bonds is 18. The molecule has 2 heterocycles. The van der Waals surface area contributed by atoms with Gasteiger partial charge in [-0.25, -0.2) is 4.79 Å². The van der Waals surface area contributed by atoms with Crippen LogP contribution in [0.15, 0.2) is 51.7 Å². The maximum absolute atomic E-state index is 13.0. The van der Waals surface area contributed by atoms with E-state index in [0.717, 1.165) is 19.3 Å². The van der Waals surface area contributed by atoms with Crippen molar-refractivity contribution in [2.45, 2.75) is 110 Å². The van der Waals surface area contributed by atoms with Crippen molar-refractivity contribution < 1.29 is 28.6 Å². The highest BCUT2D eigenvalue weighted by Gasteiger charge is 2.31. The largest absolute Gasteiger partial charge is 0.481 e. The first-order chi connectivity index (χ1) is 23.2. The molecule has 1 aromatic heterocycles. The number of carboxylic acid groups (broad SMARTS) is 1. The van der Waals surface area contributed by atoms with Gasteiger partial charge in [-0.15, -0.1) is 0 Å². The van der Waals surface area contributed by atoms with E-state index in [1.54, 1.807) is 43.3 Å². The highest BCUT2D eigenvalue weighted by molar-refractivity contribution is 6.34. The summed E-state index contributed by atoms with van der Waals surface area (Å²) < 4.78 is 11.4. The predicted octanol–water partition coefficient (Wildman–Crippen LogP) is 8.84. The van der Waals surface area contributed by atoms with Gasteiger partial charge in [0.25, 0.3) is 5.91 Å². The van der Waals surface area contributed by atoms with Gasteiger partial charge in [0, 0.05) is 53.8 Å². The molecular weight excluding hydrogens is 632 g/mol. The number of halogens is 1. The third-order valence-electron chi connectivity index (χ3n) is 9.01. The summed E-state index contributed by atoms with van der Waals surface area (Å²) >= 11 is 6.67. The molecule has 2 atom stereocenters. The second-order valence-electron chi connectivity index (χ2n) is 12.9. The minimum absolute atomic E-state index is 0.0530. The Morgan fingerprint density at radius 1 is 0.958 bits per heavy atom. The number of nitrogens with zero attached hydrogens (tertiary/aromatic N) is 1. The second kappa shape index (κ2) is 18.6. The number of fused-ring (bicyclic) bond motifs is 1. The third-order valence-corrected chi connectivity index (χ3v) is 9.32. The van der Waals surface area contributed by atoms with Crippen LogP contribution in [0.5, 0.6) is 5.75 Å². The number of anilines is 1. The Labute approximate surface area is 288 Å². The van der Waals surface area contributed by atoms with Crippen molar-refractivity contribution in [1.82, 2.24) is 4.90 Å². The van der Waals surface area contributed by atoms with Crippen LogP contribution in [0.3, 0.4) is 0 Å². The molecule has 1 aliphatic rings. The first-order valence-electron chi connectivity index (χ1n) is 17.5. The third kappa shape index (κ3) is 10.8. The van der Waals surface area contributed by atoms with Gasteiger partial charge in [-0.05, 0) is 50.5 Å². The van der Waals surface area contributed by atoms with Crippen LogP contribution in [-0.2, 0) is 14.4 Å². The van der Waals surface area contributed by atoms with Gasteiger partial charge in [0.2, 0.25) is 5.91 Å². The molecule has 260 valence electrons. The zero-order valence-corrected chi connectivity index (χ0v) is 29.0. The lowest BCUT2D eigenvalue weighted by molar-refractivity contribution is -0.147. The number of likely N-dealkylation sites (tertiary alicyclic amines) is 1. The van der Waals surface area contributed by atoms with Crippen LogP contribution < -0.4 is 15.7 Å². The normalized spacial score (nSPS) is 15.3. The highest BCUT2D eigenvalue weighted by atomic mass is 35.5. The van der Waals surface area contributed by atoms with Gasteiger partial charge >= 0.3 is 11.6 Å². The summed E-state index contributed by atoms with van der Waals surface area (Å²) in [5, 5.41) is 13.3. The number of hydrogen-bond acceptors (Lipinski definition) is 6. The summed E-state index contributed by atoms with van der Waals surface area (Å²) in [4.78, 5) is 51.1. The molecule has 4 rings (SSSR count). The van der Waals surface area contributed by atoms with Crippen LogP contribution in [0.2, 0.25) is 5.02 Å². The smallest absolute Gasteiger partial charge is 0.336 e. The van der Waals surface area contributed by atoms with Gasteiger partial charge in [0.05, 0.1) is 10.9 Å². The number of carbonyl (C=O) groups is 3. The number of ether oxygens (including phenoxy) is 1. The second-order valence-corrected chi connectivity index (χ2v) is 13.3. The van der Waals surface area contributed by atoms with Crippen LogP contribution in [0.4, 0.5) is 5.69 Å². The van der Waals surface area contributed by atoms with E-state index in [1.165, 1.54) is 62.3 Å². The fraction of sp³-hybridized carbons (Fsp3) is 0.526. The zero-order chi connectivity index (χ0) is 34.5. The number of aliphatic carboxylic acids is 1. The Morgan fingerprint density at radius 3 is 2.31 bits per heavy atom. The predicted molar refractivity (Wildman–Crippen MR) is 190 cm³/mol. The number of unbranched alkanes of at least 4 members (excludes halogenated alkanes) is 10. The minimum Gasteiger partial charge on any atom is -0.481 e. The number of carboxylic acids is 1. The molecule has 2 N–H and O–H groups in total. The molecule has 0 spiro atoms. The lowest BCUT2D eigenvalue weighted by atomic mass is 9.98. The van der Waals surface area contributed by atoms with E-state index in [0.29, 0.717) is 58.8 Å². The zero-order valence-electron chi connectivity index (χ0n) is 28.2. The van der Waals surface area contributed by atoms with Crippen molar-refractivity contribution in [2.75, 3.05) is 18.4 Å². The Balaban J connectivity index is 1.31. The molecule has 1 aliphatic heterocycles. The van der Waals surface area contributed by atoms with Crippen molar-refractivity contribution in [3.05, 3.63) is 57.9 Å². The lowest BCUT2D eigenvalue weighted by Crippen LogP contribution is -2.47. The first-order valence-corrected chi connectivity index (χ1v) is 17.9. The molecule has 0 radical (unpaired) electrons. The molecular formula is C38H49ClN2O7. The van der Waals surface area contributed by atoms with Crippen molar-refractivity contribution in [2.24, 2.45) is 5.92 Å². The number of amides is 2. The lowest BCUT2D eigenvalue weighted by Gasteiger charge is -2.32. The Bertz CT molecular complexity index is 1600. The first kappa shape index (κ1) is 37.0. The Hall–Kier alpha value is -3.85. The number of piperidine rings is 1. The maximum Gasteiger partial charge on any atom is 0.336 e. The van der Waals surface area contributed by atoms with Gasteiger partial charge in [0.15, 0.2) is 6.10 Å². The van der Waals surface area contributed by atoms with Crippen molar-refractivity contribution in [3.63, 3.8) is 0 Å². The van der Waals surface area contributed by atoms with Gasteiger partial charge < -0.3 is 24.5 Å². The quantitative estimate of drug-likeness (QED) is 0.102. The molecule has 9 nitrogen and oxygen atoms in total. The molecule has 0 aliphatic carbocycles. The highest BCUT2D eigenvalue weighted by Crippen LogP contribution is 2.35. The number of nitrogens with one attached hydrogen (secondary N) is 1. The fourth-order valence-corrected chi connectivity index (χ4v) is 6.60. The van der Waals surface area contributed by atoms with E-state index in [1.807, 2.05) is 0 Å². The van der Waals surface area contributed by atoms with Crippen LogP contribution in [0.1, 0.15) is 104 Å². The maximum atomic E-state index is 13.0. The van der Waals surface area contributed by atoms with Gasteiger partial charge in [-0.1, -0.05) is 88.8 Å². The monoisotopic (exact) mass is 680 g/mol. The number of hydrogen-bond donors (Lipinski definition) is 2. The summed E-state index contributed by atoms with van der Waals surface area (Å²) in [5.74, 6) is -1.51. The number of carbonyl (C=O) groups excluding carboxylic acids is 2. The molecule has 1 fully saturated rings. The molecule has 1 saturated heterocycles. The van der Waals surface area contributed by atoms with Gasteiger partial charge in [0.1, 0.15) is 11.3 Å². The molecule has 48 heavy (non-hydrogen) atoms. The summed E-state index contributed by atoms with van der Waals surface area (Å²) in [6.07, 6.45) is 14.2. The summed E-state index contributed by atoms with van der Waals surface area (Å²) in [6, 6.07) is 11.6. The van der Waals surface area contributed by atoms with E-state index in [4.69, 9.17) is 20.8 Å². The van der Waals surface area contributed by atoms with Crippen molar-refractivity contribution in [1.29, 1.82) is 0 Å². The van der Waals surface area contributed by atoms with E-state index < -0.39 is 23.6 Å². The minimum atomic E-state index is -0.907. The van der Waals surface area contributed by atoms with Crippen LogP contribution in [0.25, 0.3) is 22.1 Å². The average molecular weight is 681 g/mol. The Morgan fingerprint density at radius 2 is 1.65 bits per heavy atom. The van der Waals surface area contributed by atoms with E-state index in [9.17, 15) is 24.3 Å². The van der Waals surface area contributed by atoms with Crippen LogP contribution in [-0.4, -0.2) is 47.0 Å². The molecule has 0 bridgehead atoms. The molecule has 2 amide bonds. The van der Waals surface area contributed by atoms with E-state index in [-0.39, 0.29) is 23.9 Å². The van der Waals surface area contributed by atoms with Gasteiger partial charge in [-0.3, -0.25) is 14.4 Å². The molecule has 3 aromatic rings. The summed E-state index contributed by atoms with van der Waals surface area (Å²) in [7, 11) is 0. The van der Waals surface area contributed by atoms with E-state index >= 15 is 0 Å². The molecule has 10 heteroatoms. The summed E-state index contributed by atoms with van der Waals surface area (Å²) in [6.45, 7) is 4.49. The standard InChI is InChI=1S/C38H49ClN2O7/c1-3-4-5-6-7-8-9-10-11-12-13-16-35(42)40-28-17-19-30(33(39)22-28)32-24-36(43)48-34-23-29(18-20-31(32)34)47-26(2)37(44)41-21-14-15-27(25-41)38(45)46/h17-20,22-24,26-27H,3-16,21,25H2,1-2H3,(H,40,42)(H,45,46)/t26-,27+/m1/s1. The van der Waals surface area contributed by atoms with Crippen molar-refractivity contribution >= 4 is 46.0 Å². The summed E-state index contributed by atoms with van der Waals surface area (Å²) in [5.41, 5.74) is 1.44. The topological polar surface area (TPSA) is 126 Å². The van der Waals surface area contributed by atoms with E-state index in [2.05, 4.69) is 12.2 Å². The average Bonchev–Trinajstić information content (AvgIpc) is 3.06. The van der Waals surface area contributed by atoms with Crippen LogP contribution in [0, 0.1) is 5.92 Å². The number of benzene rings is 2. The van der Waals surface area contributed by atoms with Gasteiger partial charge in [-0.2, -0.15) is 0 Å². The SMILES string of the molecule is CCCCCCCCCCCCCC(=O)Nc1ccc(-c2cc(=O)oc3cc(O[C@H](C)C(=O)N4CCC[C@H](C(=O)O)C4)ccc23)c(Cl)c1. The van der Waals surface area contributed by atoms with Crippen LogP contribution >= 0.6 is 11.6 Å². The Kier molecular flexibility index (Phi) is 14.4.